The molecule has 1 fully saturated rings. The van der Waals surface area contributed by atoms with Gasteiger partial charge in [-0.25, -0.2) is 0 Å². The summed E-state index contributed by atoms with van der Waals surface area (Å²) in [6, 6.07) is 5.26. The Bertz CT molecular complexity index is 647. The fourth-order valence-corrected chi connectivity index (χ4v) is 3.01. The smallest absolute Gasteiger partial charge is 0.406 e. The van der Waals surface area contributed by atoms with Crippen LogP contribution < -0.4 is 0 Å². The second-order valence-corrected chi connectivity index (χ2v) is 6.56. The van der Waals surface area contributed by atoms with E-state index in [4.69, 9.17) is 5.11 Å². The number of halogens is 4. The van der Waals surface area contributed by atoms with Crippen LogP contribution in [0.4, 0.5) is 13.2 Å². The zero-order valence-corrected chi connectivity index (χ0v) is 13.9. The van der Waals surface area contributed by atoms with E-state index in [1.54, 1.807) is 18.2 Å². The van der Waals surface area contributed by atoms with Crippen molar-refractivity contribution < 1.29 is 27.9 Å². The second kappa shape index (κ2) is 6.14. The standard InChI is InChI=1S/C15H15BrF3NO3/c1-9-2-3-10(6-11(9)16)7-12(21)20-5-4-14(8-20,13(22)23)15(17,18)19/h2-3,6H,4-5,7-8H2,1H3,(H,22,23). The minimum atomic E-state index is -4.89. The molecule has 8 heteroatoms. The minimum Gasteiger partial charge on any atom is -0.481 e. The summed E-state index contributed by atoms with van der Waals surface area (Å²) < 4.78 is 40.1. The number of hydrogen-bond acceptors (Lipinski definition) is 2. The molecule has 1 amide bonds. The number of aryl methyl sites for hydroxylation is 1. The van der Waals surface area contributed by atoms with Gasteiger partial charge in [0, 0.05) is 17.6 Å². The quantitative estimate of drug-likeness (QED) is 0.857. The van der Waals surface area contributed by atoms with Gasteiger partial charge in [0.05, 0.1) is 6.42 Å². The Balaban J connectivity index is 2.13. The number of carboxylic acid groups (broad SMARTS) is 1. The summed E-state index contributed by atoms with van der Waals surface area (Å²) in [5.74, 6) is -2.44. The van der Waals surface area contributed by atoms with Gasteiger partial charge >= 0.3 is 12.1 Å². The maximum absolute atomic E-state index is 13.1. The van der Waals surface area contributed by atoms with Crippen LogP contribution in [0.25, 0.3) is 0 Å². The van der Waals surface area contributed by atoms with Crippen LogP contribution in [-0.2, 0) is 16.0 Å². The van der Waals surface area contributed by atoms with Gasteiger partial charge in [-0.3, -0.25) is 9.59 Å². The second-order valence-electron chi connectivity index (χ2n) is 5.71. The minimum absolute atomic E-state index is 0.0631. The highest BCUT2D eigenvalue weighted by Crippen LogP contribution is 2.45. The van der Waals surface area contributed by atoms with E-state index < -0.39 is 36.4 Å². The molecular formula is C15H15BrF3NO3. The molecule has 23 heavy (non-hydrogen) atoms. The van der Waals surface area contributed by atoms with Gasteiger partial charge < -0.3 is 10.0 Å². The molecule has 1 aliphatic heterocycles. The molecule has 1 saturated heterocycles. The van der Waals surface area contributed by atoms with Crippen molar-refractivity contribution in [3.8, 4) is 0 Å². The van der Waals surface area contributed by atoms with Crippen LogP contribution in [0.5, 0.6) is 0 Å². The first-order chi connectivity index (χ1) is 10.6. The number of benzene rings is 1. The lowest BCUT2D eigenvalue weighted by Crippen LogP contribution is -2.47. The van der Waals surface area contributed by atoms with Gasteiger partial charge in [0.1, 0.15) is 0 Å². The summed E-state index contributed by atoms with van der Waals surface area (Å²) in [6.45, 7) is 0.829. The predicted molar refractivity (Wildman–Crippen MR) is 79.9 cm³/mol. The van der Waals surface area contributed by atoms with E-state index in [1.165, 1.54) is 0 Å². The van der Waals surface area contributed by atoms with E-state index in [0.29, 0.717) is 5.56 Å². The first-order valence-corrected chi connectivity index (χ1v) is 7.69. The number of hydrogen-bond donors (Lipinski definition) is 1. The molecule has 1 N–H and O–H groups in total. The Morgan fingerprint density at radius 1 is 1.39 bits per heavy atom. The van der Waals surface area contributed by atoms with Crippen LogP contribution in [0.2, 0.25) is 0 Å². The predicted octanol–water partition coefficient (Wildman–Crippen LogP) is 3.17. The van der Waals surface area contributed by atoms with Crippen LogP contribution >= 0.6 is 15.9 Å². The summed E-state index contributed by atoms with van der Waals surface area (Å²) in [5.41, 5.74) is -1.23. The number of rotatable bonds is 3. The van der Waals surface area contributed by atoms with E-state index in [2.05, 4.69) is 15.9 Å². The molecule has 0 saturated carbocycles. The Morgan fingerprint density at radius 3 is 2.52 bits per heavy atom. The molecular weight excluding hydrogens is 379 g/mol. The van der Waals surface area contributed by atoms with Crippen molar-refractivity contribution in [2.24, 2.45) is 5.41 Å². The monoisotopic (exact) mass is 393 g/mol. The topological polar surface area (TPSA) is 57.6 Å². The molecule has 1 atom stereocenters. The zero-order chi connectivity index (χ0) is 17.4. The maximum Gasteiger partial charge on any atom is 0.406 e. The number of amides is 1. The molecule has 1 aromatic carbocycles. The molecule has 1 heterocycles. The molecule has 126 valence electrons. The van der Waals surface area contributed by atoms with Crippen LogP contribution in [0.1, 0.15) is 17.5 Å². The van der Waals surface area contributed by atoms with Gasteiger partial charge in [-0.05, 0) is 30.5 Å². The third kappa shape index (κ3) is 3.36. The molecule has 0 aliphatic carbocycles. The molecule has 1 aliphatic rings. The molecule has 0 spiro atoms. The normalized spacial score (nSPS) is 21.5. The van der Waals surface area contributed by atoms with Crippen molar-refractivity contribution >= 4 is 27.8 Å². The third-order valence-corrected chi connectivity index (χ3v) is 5.02. The van der Waals surface area contributed by atoms with E-state index in [-0.39, 0.29) is 13.0 Å². The van der Waals surface area contributed by atoms with Crippen LogP contribution in [-0.4, -0.2) is 41.1 Å². The first kappa shape index (κ1) is 17.8. The average Bonchev–Trinajstić information content (AvgIpc) is 2.89. The lowest BCUT2D eigenvalue weighted by molar-refractivity contribution is -0.227. The van der Waals surface area contributed by atoms with Gasteiger partial charge in [0.25, 0.3) is 0 Å². The van der Waals surface area contributed by atoms with Gasteiger partial charge in [0.2, 0.25) is 5.91 Å². The SMILES string of the molecule is Cc1ccc(CC(=O)N2CCC(C(=O)O)(C(F)(F)F)C2)cc1Br. The number of nitrogens with zero attached hydrogens (tertiary/aromatic N) is 1. The summed E-state index contributed by atoms with van der Waals surface area (Å²) in [6.07, 6.45) is -5.57. The van der Waals surface area contributed by atoms with Crippen LogP contribution in [0.15, 0.2) is 22.7 Å². The summed E-state index contributed by atoms with van der Waals surface area (Å²) >= 11 is 3.33. The first-order valence-electron chi connectivity index (χ1n) is 6.90. The van der Waals surface area contributed by atoms with E-state index in [1.807, 2.05) is 6.92 Å². The number of carboxylic acids is 1. The summed E-state index contributed by atoms with van der Waals surface area (Å²) in [4.78, 5) is 24.3. The Hall–Kier alpha value is -1.57. The molecule has 1 unspecified atom stereocenters. The summed E-state index contributed by atoms with van der Waals surface area (Å²) in [7, 11) is 0. The number of carbonyl (C=O) groups is 2. The highest BCUT2D eigenvalue weighted by molar-refractivity contribution is 9.10. The van der Waals surface area contributed by atoms with Gasteiger partial charge in [0.15, 0.2) is 5.41 Å². The third-order valence-electron chi connectivity index (χ3n) is 4.17. The van der Waals surface area contributed by atoms with E-state index in [0.717, 1.165) is 14.9 Å². The maximum atomic E-state index is 13.1. The van der Waals surface area contributed by atoms with E-state index >= 15 is 0 Å². The van der Waals surface area contributed by atoms with E-state index in [9.17, 15) is 22.8 Å². The molecule has 4 nitrogen and oxygen atoms in total. The Kier molecular flexibility index (Phi) is 4.75. The fraction of sp³-hybridized carbons (Fsp3) is 0.467. The van der Waals surface area contributed by atoms with Crippen molar-refractivity contribution in [2.75, 3.05) is 13.1 Å². The largest absolute Gasteiger partial charge is 0.481 e. The Labute approximate surface area is 139 Å². The van der Waals surface area contributed by atoms with Crippen molar-refractivity contribution in [2.45, 2.75) is 25.9 Å². The number of likely N-dealkylation sites (tertiary alicyclic amines) is 1. The van der Waals surface area contributed by atoms with Crippen molar-refractivity contribution in [1.82, 2.24) is 4.90 Å². The highest BCUT2D eigenvalue weighted by atomic mass is 79.9. The lowest BCUT2D eigenvalue weighted by atomic mass is 9.86. The highest BCUT2D eigenvalue weighted by Gasteiger charge is 2.64. The molecule has 2 rings (SSSR count). The number of aliphatic carboxylic acids is 1. The van der Waals surface area contributed by atoms with Crippen molar-refractivity contribution in [3.63, 3.8) is 0 Å². The Morgan fingerprint density at radius 2 is 2.04 bits per heavy atom. The van der Waals surface area contributed by atoms with Crippen molar-refractivity contribution in [1.29, 1.82) is 0 Å². The lowest BCUT2D eigenvalue weighted by Gasteiger charge is -2.27. The number of alkyl halides is 3. The zero-order valence-electron chi connectivity index (χ0n) is 12.3. The number of carbonyl (C=O) groups excluding carboxylic acids is 1. The fourth-order valence-electron chi connectivity index (χ4n) is 2.58. The van der Waals surface area contributed by atoms with Gasteiger partial charge in [-0.15, -0.1) is 0 Å². The van der Waals surface area contributed by atoms with Crippen molar-refractivity contribution in [3.05, 3.63) is 33.8 Å². The molecule has 1 aromatic rings. The van der Waals surface area contributed by atoms with Gasteiger partial charge in [-0.1, -0.05) is 28.1 Å². The van der Waals surface area contributed by atoms with Crippen LogP contribution in [0.3, 0.4) is 0 Å². The van der Waals surface area contributed by atoms with Crippen LogP contribution in [0, 0.1) is 12.3 Å². The average molecular weight is 394 g/mol. The summed E-state index contributed by atoms with van der Waals surface area (Å²) in [5, 5.41) is 8.99. The van der Waals surface area contributed by atoms with Gasteiger partial charge in [-0.2, -0.15) is 13.2 Å². The molecule has 0 radical (unpaired) electrons. The molecule has 0 bridgehead atoms. The molecule has 0 aromatic heterocycles.